The van der Waals surface area contributed by atoms with E-state index in [4.69, 9.17) is 14.2 Å². The summed E-state index contributed by atoms with van der Waals surface area (Å²) in [4.78, 5) is 12.7. The summed E-state index contributed by atoms with van der Waals surface area (Å²) in [5.74, 6) is 2.06. The molecule has 0 bridgehead atoms. The molecule has 0 fully saturated rings. The highest BCUT2D eigenvalue weighted by atomic mass is 16.5. The van der Waals surface area contributed by atoms with E-state index in [0.29, 0.717) is 30.3 Å². The Kier molecular flexibility index (Phi) is 7.06. The number of benzene rings is 4. The van der Waals surface area contributed by atoms with Crippen LogP contribution in [0, 0.1) is 0 Å². The molecule has 0 aliphatic heterocycles. The first-order chi connectivity index (χ1) is 16.2. The molecule has 0 unspecified atom stereocenters. The zero-order chi connectivity index (χ0) is 23.0. The summed E-state index contributed by atoms with van der Waals surface area (Å²) in [5, 5.41) is 2.16. The molecular weight excluding hydrogens is 412 g/mol. The monoisotopic (exact) mass is 438 g/mol. The molecule has 4 heteroatoms. The van der Waals surface area contributed by atoms with Gasteiger partial charge in [-0.3, -0.25) is 4.79 Å². The smallest absolute Gasteiger partial charge is 0.185 e. The Labute approximate surface area is 194 Å². The third kappa shape index (κ3) is 5.42. The van der Waals surface area contributed by atoms with Crippen molar-refractivity contribution in [1.82, 2.24) is 0 Å². The predicted octanol–water partition coefficient (Wildman–Crippen LogP) is 6.72. The third-order valence-electron chi connectivity index (χ3n) is 5.30. The van der Waals surface area contributed by atoms with Crippen molar-refractivity contribution >= 4 is 22.6 Å². The van der Waals surface area contributed by atoms with Crippen LogP contribution in [0.4, 0.5) is 0 Å². The number of ether oxygens (including phenoxy) is 3. The molecule has 0 N–H and O–H groups in total. The molecular formula is C29H26O4. The van der Waals surface area contributed by atoms with Crippen molar-refractivity contribution < 1.29 is 19.0 Å². The van der Waals surface area contributed by atoms with E-state index < -0.39 is 0 Å². The number of hydrogen-bond donors (Lipinski definition) is 0. The van der Waals surface area contributed by atoms with E-state index in [-0.39, 0.29) is 5.78 Å². The van der Waals surface area contributed by atoms with Crippen LogP contribution in [0.1, 0.15) is 28.4 Å². The number of allylic oxidation sites excluding steroid dienone is 1. The van der Waals surface area contributed by atoms with Gasteiger partial charge in [-0.1, -0.05) is 60.7 Å². The molecule has 33 heavy (non-hydrogen) atoms. The maximum atomic E-state index is 12.7. The molecule has 4 nitrogen and oxygen atoms in total. The number of para-hydroxylation sites is 2. The molecule has 0 saturated heterocycles. The topological polar surface area (TPSA) is 44.8 Å². The highest BCUT2D eigenvalue weighted by molar-refractivity contribution is 6.08. The summed E-state index contributed by atoms with van der Waals surface area (Å²) < 4.78 is 17.1. The molecule has 0 radical (unpaired) electrons. The van der Waals surface area contributed by atoms with Gasteiger partial charge in [0.25, 0.3) is 0 Å². The summed E-state index contributed by atoms with van der Waals surface area (Å²) >= 11 is 0. The molecule has 0 aliphatic rings. The minimum absolute atomic E-state index is 0.0417. The number of fused-ring (bicyclic) bond motifs is 1. The summed E-state index contributed by atoms with van der Waals surface area (Å²) in [7, 11) is 1.63. The van der Waals surface area contributed by atoms with Gasteiger partial charge in [-0.2, -0.15) is 0 Å². The minimum Gasteiger partial charge on any atom is -0.496 e. The average molecular weight is 439 g/mol. The second kappa shape index (κ2) is 10.5. The van der Waals surface area contributed by atoms with Gasteiger partial charge in [0.2, 0.25) is 0 Å². The van der Waals surface area contributed by atoms with E-state index in [9.17, 15) is 4.79 Å². The minimum atomic E-state index is -0.0417. The lowest BCUT2D eigenvalue weighted by atomic mass is 10.0. The van der Waals surface area contributed by atoms with E-state index in [2.05, 4.69) is 0 Å². The Morgan fingerprint density at radius 3 is 2.27 bits per heavy atom. The van der Waals surface area contributed by atoms with E-state index in [1.165, 1.54) is 0 Å². The van der Waals surface area contributed by atoms with Crippen LogP contribution in [0.25, 0.3) is 16.8 Å². The summed E-state index contributed by atoms with van der Waals surface area (Å²) in [5.41, 5.74) is 2.43. The van der Waals surface area contributed by atoms with Gasteiger partial charge < -0.3 is 14.2 Å². The van der Waals surface area contributed by atoms with Crippen molar-refractivity contribution in [1.29, 1.82) is 0 Å². The van der Waals surface area contributed by atoms with Gasteiger partial charge in [0, 0.05) is 11.1 Å². The van der Waals surface area contributed by atoms with Crippen molar-refractivity contribution in [3.8, 4) is 17.2 Å². The summed E-state index contributed by atoms with van der Waals surface area (Å²) in [6, 6.07) is 27.1. The Morgan fingerprint density at radius 1 is 0.788 bits per heavy atom. The summed E-state index contributed by atoms with van der Waals surface area (Å²) in [6.45, 7) is 2.82. The number of carbonyl (C=O) groups excluding carboxylic acids is 1. The van der Waals surface area contributed by atoms with Gasteiger partial charge in [-0.05, 0) is 59.7 Å². The average Bonchev–Trinajstić information content (AvgIpc) is 2.86. The van der Waals surface area contributed by atoms with Crippen LogP contribution in [-0.4, -0.2) is 19.5 Å². The fraction of sp³-hybridized carbons (Fsp3) is 0.138. The van der Waals surface area contributed by atoms with Crippen LogP contribution in [0.5, 0.6) is 17.2 Å². The predicted molar refractivity (Wildman–Crippen MR) is 132 cm³/mol. The molecule has 4 aromatic rings. The third-order valence-corrected chi connectivity index (χ3v) is 5.30. The fourth-order valence-electron chi connectivity index (χ4n) is 3.63. The number of rotatable bonds is 9. The number of methoxy groups -OCH3 is 1. The Balaban J connectivity index is 1.51. The molecule has 0 amide bonds. The maximum Gasteiger partial charge on any atom is 0.185 e. The standard InChI is InChI=1S/C29H26O4/c1-3-32-28-10-6-7-11-29(28)33-20-25-18-21(13-17-27(25)31-2)12-16-26(30)24-15-14-22-8-4-5-9-23(22)19-24/h4-19H,3,20H2,1-2H3/b16-12+. The lowest BCUT2D eigenvalue weighted by Crippen LogP contribution is -2.01. The van der Waals surface area contributed by atoms with Gasteiger partial charge in [0.1, 0.15) is 12.4 Å². The highest BCUT2D eigenvalue weighted by Crippen LogP contribution is 2.29. The van der Waals surface area contributed by atoms with Crippen LogP contribution in [0.15, 0.2) is 91.0 Å². The molecule has 0 aliphatic carbocycles. The van der Waals surface area contributed by atoms with Crippen molar-refractivity contribution in [3.63, 3.8) is 0 Å². The van der Waals surface area contributed by atoms with E-state index >= 15 is 0 Å². The highest BCUT2D eigenvalue weighted by Gasteiger charge is 2.09. The second-order valence-electron chi connectivity index (χ2n) is 7.50. The molecule has 4 aromatic carbocycles. The van der Waals surface area contributed by atoms with Gasteiger partial charge in [-0.25, -0.2) is 0 Å². The molecule has 4 rings (SSSR count). The molecule has 0 spiro atoms. The van der Waals surface area contributed by atoms with Gasteiger partial charge in [0.15, 0.2) is 17.3 Å². The number of ketones is 1. The van der Waals surface area contributed by atoms with Crippen LogP contribution in [0.2, 0.25) is 0 Å². The van der Waals surface area contributed by atoms with E-state index in [0.717, 1.165) is 27.6 Å². The molecule has 0 aromatic heterocycles. The van der Waals surface area contributed by atoms with Crippen molar-refractivity contribution in [2.75, 3.05) is 13.7 Å². The zero-order valence-corrected chi connectivity index (χ0v) is 18.8. The Morgan fingerprint density at radius 2 is 1.52 bits per heavy atom. The Hall–Kier alpha value is -4.05. The van der Waals surface area contributed by atoms with Crippen LogP contribution in [-0.2, 0) is 6.61 Å². The van der Waals surface area contributed by atoms with Crippen molar-refractivity contribution in [2.45, 2.75) is 13.5 Å². The van der Waals surface area contributed by atoms with Crippen molar-refractivity contribution in [3.05, 3.63) is 108 Å². The van der Waals surface area contributed by atoms with Crippen LogP contribution < -0.4 is 14.2 Å². The van der Waals surface area contributed by atoms with Gasteiger partial charge in [0.05, 0.1) is 13.7 Å². The largest absolute Gasteiger partial charge is 0.496 e. The maximum absolute atomic E-state index is 12.7. The Bertz CT molecular complexity index is 1290. The quantitative estimate of drug-likeness (QED) is 0.215. The SMILES string of the molecule is CCOc1ccccc1OCc1cc(/C=C/C(=O)c2ccc3ccccc3c2)ccc1OC. The second-order valence-corrected chi connectivity index (χ2v) is 7.50. The molecule has 0 atom stereocenters. The first-order valence-corrected chi connectivity index (χ1v) is 10.9. The molecule has 0 heterocycles. The van der Waals surface area contributed by atoms with E-state index in [1.807, 2.05) is 97.9 Å². The van der Waals surface area contributed by atoms with Crippen LogP contribution >= 0.6 is 0 Å². The lowest BCUT2D eigenvalue weighted by Gasteiger charge is -2.14. The lowest BCUT2D eigenvalue weighted by molar-refractivity contribution is 0.104. The fourth-order valence-corrected chi connectivity index (χ4v) is 3.63. The van der Waals surface area contributed by atoms with Crippen molar-refractivity contribution in [2.24, 2.45) is 0 Å². The van der Waals surface area contributed by atoms with Gasteiger partial charge >= 0.3 is 0 Å². The van der Waals surface area contributed by atoms with Crippen LogP contribution in [0.3, 0.4) is 0 Å². The van der Waals surface area contributed by atoms with E-state index in [1.54, 1.807) is 13.2 Å². The number of hydrogen-bond acceptors (Lipinski definition) is 4. The van der Waals surface area contributed by atoms with Gasteiger partial charge in [-0.15, -0.1) is 0 Å². The summed E-state index contributed by atoms with van der Waals surface area (Å²) in [6.07, 6.45) is 3.41. The molecule has 166 valence electrons. The zero-order valence-electron chi connectivity index (χ0n) is 18.8. The molecule has 0 saturated carbocycles. The normalized spacial score (nSPS) is 11.0. The first-order valence-electron chi connectivity index (χ1n) is 10.9. The number of carbonyl (C=O) groups is 1. The first kappa shape index (κ1) is 22.2.